The highest BCUT2D eigenvalue weighted by Gasteiger charge is 2.76. The van der Waals surface area contributed by atoms with Crippen molar-refractivity contribution in [1.82, 2.24) is 24.6 Å². The van der Waals surface area contributed by atoms with E-state index >= 15 is 4.39 Å². The van der Waals surface area contributed by atoms with Gasteiger partial charge in [-0.15, -0.1) is 11.6 Å². The number of carbonyl (C=O) groups is 2. The van der Waals surface area contributed by atoms with Crippen LogP contribution >= 0.6 is 31.1 Å². The minimum Gasteiger partial charge on any atom is -0.462 e. The Morgan fingerprint density at radius 2 is 2.05 bits per heavy atom. The predicted molar refractivity (Wildman–Crippen MR) is 160 cm³/mol. The summed E-state index contributed by atoms with van der Waals surface area (Å²) in [5, 5.41) is 13.2. The van der Waals surface area contributed by atoms with Gasteiger partial charge in [-0.25, -0.2) is 19.0 Å². The summed E-state index contributed by atoms with van der Waals surface area (Å²) in [6, 6.07) is -2.07. The molecule has 1 saturated heterocycles. The van der Waals surface area contributed by atoms with Crippen LogP contribution in [-0.4, -0.2) is 96.2 Å². The molecule has 0 aromatic carbocycles. The molecule has 0 bridgehead atoms. The number of esters is 1. The first-order valence-corrected chi connectivity index (χ1v) is 16.7. The summed E-state index contributed by atoms with van der Waals surface area (Å²) in [7, 11) is -4.32. The Labute approximate surface area is 261 Å². The Morgan fingerprint density at radius 3 is 2.68 bits per heavy atom. The van der Waals surface area contributed by atoms with E-state index in [9.17, 15) is 24.1 Å². The van der Waals surface area contributed by atoms with Crippen LogP contribution in [0.15, 0.2) is 11.1 Å². The number of alkyl halides is 2. The van der Waals surface area contributed by atoms with Crippen LogP contribution in [0, 0.1) is 5.41 Å². The molecular formula is C25H37ClFN6O9PS. The third kappa shape index (κ3) is 7.15. The van der Waals surface area contributed by atoms with Crippen molar-refractivity contribution in [3.8, 4) is 0 Å². The molecule has 3 heterocycles. The van der Waals surface area contributed by atoms with Gasteiger partial charge < -0.3 is 24.9 Å². The minimum atomic E-state index is -4.32. The van der Waals surface area contributed by atoms with Crippen molar-refractivity contribution >= 4 is 59.3 Å². The van der Waals surface area contributed by atoms with Gasteiger partial charge in [-0.05, 0) is 20.8 Å². The number of H-pyrrole nitrogens is 1. The fourth-order valence-corrected chi connectivity index (χ4v) is 7.45. The first kappa shape index (κ1) is 34.8. The molecule has 5 N–H and O–H groups in total. The lowest BCUT2D eigenvalue weighted by molar-refractivity contribution is -0.149. The zero-order valence-corrected chi connectivity index (χ0v) is 27.5. The molecule has 2 fully saturated rings. The van der Waals surface area contributed by atoms with Crippen LogP contribution < -0.4 is 16.4 Å². The molecule has 2 aliphatic rings. The normalized spacial score (nSPS) is 28.8. The van der Waals surface area contributed by atoms with E-state index in [-0.39, 0.29) is 34.6 Å². The summed E-state index contributed by atoms with van der Waals surface area (Å²) in [4.78, 5) is 45.5. The number of nitrogen functional groups attached to an aromatic ring is 1. The van der Waals surface area contributed by atoms with Crippen LogP contribution in [0.2, 0.25) is 0 Å². The summed E-state index contributed by atoms with van der Waals surface area (Å²) in [6.45, 7) is 9.13. The van der Waals surface area contributed by atoms with Gasteiger partial charge in [0.2, 0.25) is 5.95 Å². The van der Waals surface area contributed by atoms with Gasteiger partial charge in [-0.3, -0.25) is 28.4 Å². The molecule has 19 heteroatoms. The largest absolute Gasteiger partial charge is 0.462 e. The smallest absolute Gasteiger partial charge is 0.406 e. The van der Waals surface area contributed by atoms with Crippen molar-refractivity contribution < 1.29 is 42.2 Å². The maximum absolute atomic E-state index is 15.6. The number of aromatic nitrogens is 4. The highest BCUT2D eigenvalue weighted by Crippen LogP contribution is 2.63. The lowest BCUT2D eigenvalue weighted by Crippen LogP contribution is -2.51. The number of nitrogens with zero attached hydrogens (tertiary/aromatic N) is 3. The number of rotatable bonds is 12. The standard InChI is InChI=1S/C25H37ClFN6O9PS/c1-11(2)41-21(36)12(3)32-43(38,39-7-8-44-22(37)24(4,5)6)40-9-13-15(34)16(27)25(26)17(18(25)42-13)33-10-29-14-19(33)30-23(28)31-20(14)35/h10-13,15-18,34H,7-9H2,1-6H3,(H,32,38)(H3,28,30,31,35). The van der Waals surface area contributed by atoms with Crippen LogP contribution in [0.1, 0.15) is 47.6 Å². The number of nitrogens with two attached hydrogens (primary N) is 1. The van der Waals surface area contributed by atoms with Crippen molar-refractivity contribution in [3.05, 3.63) is 16.7 Å². The number of halogens is 2. The summed E-state index contributed by atoms with van der Waals surface area (Å²) in [5.74, 6) is -0.781. The highest BCUT2D eigenvalue weighted by atomic mass is 35.5. The van der Waals surface area contributed by atoms with Gasteiger partial charge in [0.15, 0.2) is 22.5 Å². The van der Waals surface area contributed by atoms with Crippen LogP contribution in [0.4, 0.5) is 10.3 Å². The molecule has 0 amide bonds. The number of hydrogen-bond acceptors (Lipinski definition) is 13. The first-order chi connectivity index (χ1) is 20.4. The zero-order valence-electron chi connectivity index (χ0n) is 25.0. The molecule has 246 valence electrons. The van der Waals surface area contributed by atoms with Crippen LogP contribution in [0.25, 0.3) is 11.2 Å². The van der Waals surface area contributed by atoms with Crippen LogP contribution in [0.3, 0.4) is 0 Å². The second kappa shape index (κ2) is 12.9. The molecule has 44 heavy (non-hydrogen) atoms. The lowest BCUT2D eigenvalue weighted by Gasteiger charge is -2.33. The van der Waals surface area contributed by atoms with Gasteiger partial charge in [-0.1, -0.05) is 32.5 Å². The number of thioether (sulfide) groups is 1. The van der Waals surface area contributed by atoms with E-state index < -0.39 is 78.8 Å². The lowest BCUT2D eigenvalue weighted by atomic mass is 10.00. The number of aliphatic hydroxyl groups excluding tert-OH is 1. The Balaban J connectivity index is 1.47. The molecule has 0 radical (unpaired) electrons. The summed E-state index contributed by atoms with van der Waals surface area (Å²) < 4.78 is 52.8. The number of imidazole rings is 1. The average molecular weight is 683 g/mol. The van der Waals surface area contributed by atoms with Crippen molar-refractivity contribution in [2.24, 2.45) is 5.41 Å². The second-order valence-electron chi connectivity index (χ2n) is 11.9. The van der Waals surface area contributed by atoms with Gasteiger partial charge in [-0.2, -0.15) is 4.98 Å². The van der Waals surface area contributed by atoms with E-state index in [2.05, 4.69) is 20.0 Å². The molecule has 4 rings (SSSR count). The number of fused-ring (bicyclic) bond motifs is 2. The van der Waals surface area contributed by atoms with Gasteiger partial charge in [0, 0.05) is 11.2 Å². The number of carbonyl (C=O) groups excluding carboxylic acids is 2. The number of aliphatic hydroxyl groups is 1. The van der Waals surface area contributed by atoms with Crippen molar-refractivity contribution in [1.29, 1.82) is 0 Å². The molecular weight excluding hydrogens is 646 g/mol. The fourth-order valence-electron chi connectivity index (χ4n) is 4.61. The fraction of sp³-hybridized carbons (Fsp3) is 0.720. The molecule has 1 aliphatic heterocycles. The van der Waals surface area contributed by atoms with Gasteiger partial charge in [0.05, 0.1) is 31.7 Å². The van der Waals surface area contributed by atoms with Gasteiger partial charge >= 0.3 is 13.7 Å². The summed E-state index contributed by atoms with van der Waals surface area (Å²) in [5.41, 5.74) is 4.47. The maximum atomic E-state index is 15.6. The Kier molecular flexibility index (Phi) is 10.2. The van der Waals surface area contributed by atoms with Crippen molar-refractivity contribution in [2.45, 2.75) is 89.1 Å². The van der Waals surface area contributed by atoms with E-state index in [1.165, 1.54) is 17.8 Å². The van der Waals surface area contributed by atoms with Crippen LogP contribution in [0.5, 0.6) is 0 Å². The maximum Gasteiger partial charge on any atom is 0.406 e. The topological polar surface area (TPSA) is 210 Å². The zero-order chi connectivity index (χ0) is 32.8. The molecule has 2 aromatic rings. The van der Waals surface area contributed by atoms with Gasteiger partial charge in [0.25, 0.3) is 5.56 Å². The van der Waals surface area contributed by atoms with Crippen molar-refractivity contribution in [2.75, 3.05) is 24.7 Å². The molecule has 0 spiro atoms. The Morgan fingerprint density at radius 1 is 1.36 bits per heavy atom. The number of hydrogen-bond donors (Lipinski definition) is 4. The Hall–Kier alpha value is -2.11. The summed E-state index contributed by atoms with van der Waals surface area (Å²) >= 11 is 7.58. The molecule has 8 atom stereocenters. The number of nitrogens with one attached hydrogen (secondary N) is 2. The minimum absolute atomic E-state index is 0.0457. The number of anilines is 1. The molecule has 2 aromatic heterocycles. The second-order valence-corrected chi connectivity index (χ2v) is 15.4. The molecule has 8 unspecified atom stereocenters. The number of ether oxygens (including phenoxy) is 2. The summed E-state index contributed by atoms with van der Waals surface area (Å²) in [6.07, 6.45) is -5.45. The average Bonchev–Trinajstić information content (AvgIpc) is 3.29. The van der Waals surface area contributed by atoms with Crippen LogP contribution in [-0.2, 0) is 32.7 Å². The molecule has 1 aliphatic carbocycles. The number of aromatic amines is 1. The predicted octanol–water partition coefficient (Wildman–Crippen LogP) is 2.08. The SMILES string of the molecule is CC(C)OC(=O)C(C)NP(=O)(OCCSC(=O)C(C)(C)C)OCC1OC2C(n3cnc4c(=O)[nH]c(N)nc43)C2(Cl)C(F)C1O. The van der Waals surface area contributed by atoms with E-state index in [0.29, 0.717) is 0 Å². The molecule has 1 saturated carbocycles. The van der Waals surface area contributed by atoms with E-state index in [4.69, 9.17) is 35.9 Å². The first-order valence-electron chi connectivity index (χ1n) is 13.8. The monoisotopic (exact) mass is 682 g/mol. The third-order valence-corrected chi connectivity index (χ3v) is 10.5. The van der Waals surface area contributed by atoms with Crippen molar-refractivity contribution in [3.63, 3.8) is 0 Å². The molecule has 15 nitrogen and oxygen atoms in total. The van der Waals surface area contributed by atoms with E-state index in [1.54, 1.807) is 34.6 Å². The Bertz CT molecular complexity index is 1500. The van der Waals surface area contributed by atoms with E-state index in [0.717, 1.165) is 11.8 Å². The third-order valence-electron chi connectivity index (χ3n) is 6.90. The van der Waals surface area contributed by atoms with E-state index in [1.807, 2.05) is 0 Å². The highest BCUT2D eigenvalue weighted by molar-refractivity contribution is 8.13. The van der Waals surface area contributed by atoms with Gasteiger partial charge in [0.1, 0.15) is 29.2 Å². The quantitative estimate of drug-likeness (QED) is 0.109.